The van der Waals surface area contributed by atoms with Gasteiger partial charge in [0.2, 0.25) is 0 Å². The number of aryl methyl sites for hydroxylation is 1. The molecule has 0 saturated heterocycles. The Balaban J connectivity index is 1.93. The number of hydrogen-bond acceptors (Lipinski definition) is 2. The van der Waals surface area contributed by atoms with Crippen molar-refractivity contribution in [2.45, 2.75) is 32.7 Å². The van der Waals surface area contributed by atoms with Gasteiger partial charge in [-0.15, -0.1) is 0 Å². The first-order valence-electron chi connectivity index (χ1n) is 7.45. The van der Waals surface area contributed by atoms with E-state index in [4.69, 9.17) is 5.26 Å². The van der Waals surface area contributed by atoms with E-state index in [1.807, 2.05) is 24.3 Å². The molecule has 2 nitrogen and oxygen atoms in total. The molecule has 2 aromatic carbocycles. The van der Waals surface area contributed by atoms with Crippen LogP contribution in [0.5, 0.6) is 0 Å². The molecule has 21 heavy (non-hydrogen) atoms. The number of benzene rings is 2. The average Bonchev–Trinajstić information content (AvgIpc) is 2.51. The molecule has 3 rings (SSSR count). The number of fused-ring (bicyclic) bond motifs is 1. The normalized spacial score (nSPS) is 19.4. The molecule has 1 aliphatic carbocycles. The Hall–Kier alpha value is -2.27. The fraction of sp³-hybridized carbons (Fsp3) is 0.316. The van der Waals surface area contributed by atoms with E-state index in [9.17, 15) is 0 Å². The van der Waals surface area contributed by atoms with Crippen LogP contribution in [-0.4, -0.2) is 0 Å². The van der Waals surface area contributed by atoms with Gasteiger partial charge < -0.3 is 5.32 Å². The molecule has 106 valence electrons. The first kappa shape index (κ1) is 13.7. The molecule has 0 aromatic heterocycles. The summed E-state index contributed by atoms with van der Waals surface area (Å²) in [5.74, 6) is 0. The number of nitrogens with zero attached hydrogens (tertiary/aromatic N) is 1. The van der Waals surface area contributed by atoms with Gasteiger partial charge in [-0.05, 0) is 53.6 Å². The lowest BCUT2D eigenvalue weighted by atomic mass is 9.70. The van der Waals surface area contributed by atoms with Crippen molar-refractivity contribution in [2.24, 2.45) is 5.41 Å². The minimum atomic E-state index is 0.211. The van der Waals surface area contributed by atoms with Crippen LogP contribution in [0, 0.1) is 16.7 Å². The highest BCUT2D eigenvalue weighted by molar-refractivity contribution is 5.50. The van der Waals surface area contributed by atoms with Crippen LogP contribution in [0.25, 0.3) is 0 Å². The molecule has 1 aliphatic rings. The zero-order valence-corrected chi connectivity index (χ0v) is 12.6. The number of anilines is 1. The fourth-order valence-corrected chi connectivity index (χ4v) is 3.15. The van der Waals surface area contributed by atoms with E-state index < -0.39 is 0 Å². The van der Waals surface area contributed by atoms with Crippen LogP contribution in [0.15, 0.2) is 48.5 Å². The van der Waals surface area contributed by atoms with Crippen molar-refractivity contribution in [1.82, 2.24) is 0 Å². The maximum atomic E-state index is 8.89. The summed E-state index contributed by atoms with van der Waals surface area (Å²) in [5.41, 5.74) is 4.83. The summed E-state index contributed by atoms with van der Waals surface area (Å²) in [5, 5.41) is 12.6. The summed E-state index contributed by atoms with van der Waals surface area (Å²) in [6.45, 7) is 4.65. The van der Waals surface area contributed by atoms with Crippen molar-refractivity contribution in [2.75, 3.05) is 5.32 Å². The lowest BCUT2D eigenvalue weighted by Crippen LogP contribution is -2.33. The fourth-order valence-electron chi connectivity index (χ4n) is 3.15. The molecule has 0 aliphatic heterocycles. The van der Waals surface area contributed by atoms with Gasteiger partial charge in [0.15, 0.2) is 0 Å². The summed E-state index contributed by atoms with van der Waals surface area (Å²) < 4.78 is 0. The largest absolute Gasteiger partial charge is 0.378 e. The van der Waals surface area contributed by atoms with Gasteiger partial charge in [-0.1, -0.05) is 38.1 Å². The van der Waals surface area contributed by atoms with Crippen LogP contribution in [0.3, 0.4) is 0 Å². The van der Waals surface area contributed by atoms with Gasteiger partial charge in [0.25, 0.3) is 0 Å². The van der Waals surface area contributed by atoms with E-state index in [2.05, 4.69) is 49.5 Å². The van der Waals surface area contributed by atoms with Crippen molar-refractivity contribution < 1.29 is 0 Å². The molecule has 1 atom stereocenters. The molecule has 0 heterocycles. The molecular formula is C19H20N2. The number of nitrogens with one attached hydrogen (secondary N) is 1. The molecule has 0 bridgehead atoms. The maximum Gasteiger partial charge on any atom is 0.0991 e. The van der Waals surface area contributed by atoms with E-state index >= 15 is 0 Å². The number of rotatable bonds is 2. The van der Waals surface area contributed by atoms with Gasteiger partial charge in [0, 0.05) is 5.69 Å². The second kappa shape index (κ2) is 5.26. The van der Waals surface area contributed by atoms with Gasteiger partial charge >= 0.3 is 0 Å². The predicted molar refractivity (Wildman–Crippen MR) is 86.1 cm³/mol. The third-order valence-electron chi connectivity index (χ3n) is 4.51. The highest BCUT2D eigenvalue weighted by atomic mass is 14.9. The standard InChI is InChI=1S/C19H20N2/c1-19(2)12-11-15-5-3-4-6-17(15)18(19)21-16-9-7-14(13-20)8-10-16/h3-10,18,21H,11-12H2,1-2H3. The third-order valence-corrected chi connectivity index (χ3v) is 4.51. The van der Waals surface area contributed by atoms with Crippen molar-refractivity contribution >= 4 is 5.69 Å². The maximum absolute atomic E-state index is 8.89. The summed E-state index contributed by atoms with van der Waals surface area (Å²) in [6, 6.07) is 18.9. The Labute approximate surface area is 126 Å². The zero-order chi connectivity index (χ0) is 14.9. The monoisotopic (exact) mass is 276 g/mol. The Morgan fingerprint density at radius 1 is 1.10 bits per heavy atom. The van der Waals surface area contributed by atoms with Crippen LogP contribution in [0.1, 0.15) is 43.0 Å². The van der Waals surface area contributed by atoms with E-state index in [1.54, 1.807) is 0 Å². The second-order valence-corrected chi connectivity index (χ2v) is 6.45. The van der Waals surface area contributed by atoms with Crippen molar-refractivity contribution in [1.29, 1.82) is 5.26 Å². The van der Waals surface area contributed by atoms with Crippen molar-refractivity contribution in [3.05, 3.63) is 65.2 Å². The summed E-state index contributed by atoms with van der Waals surface area (Å²) in [6.07, 6.45) is 2.33. The molecule has 1 N–H and O–H groups in total. The van der Waals surface area contributed by atoms with Gasteiger partial charge in [0.1, 0.15) is 0 Å². The molecular weight excluding hydrogens is 256 g/mol. The first-order chi connectivity index (χ1) is 10.1. The predicted octanol–water partition coefficient (Wildman–Crippen LogP) is 4.68. The second-order valence-electron chi connectivity index (χ2n) is 6.45. The van der Waals surface area contributed by atoms with Gasteiger partial charge in [-0.25, -0.2) is 0 Å². The summed E-state index contributed by atoms with van der Waals surface area (Å²) in [4.78, 5) is 0. The van der Waals surface area contributed by atoms with Gasteiger partial charge in [0.05, 0.1) is 17.7 Å². The van der Waals surface area contributed by atoms with Crippen LogP contribution >= 0.6 is 0 Å². The van der Waals surface area contributed by atoms with Gasteiger partial charge in [-0.3, -0.25) is 0 Å². The molecule has 2 aromatic rings. The number of nitriles is 1. The minimum absolute atomic E-state index is 0.211. The zero-order valence-electron chi connectivity index (χ0n) is 12.6. The molecule has 0 fully saturated rings. The molecule has 2 heteroatoms. The molecule has 0 saturated carbocycles. The summed E-state index contributed by atoms with van der Waals surface area (Å²) >= 11 is 0. The van der Waals surface area contributed by atoms with Crippen LogP contribution in [0.4, 0.5) is 5.69 Å². The molecule has 0 radical (unpaired) electrons. The quantitative estimate of drug-likeness (QED) is 0.864. The minimum Gasteiger partial charge on any atom is -0.378 e. The molecule has 0 spiro atoms. The topological polar surface area (TPSA) is 35.8 Å². The van der Waals surface area contributed by atoms with Crippen LogP contribution < -0.4 is 5.32 Å². The van der Waals surface area contributed by atoms with Crippen LogP contribution in [0.2, 0.25) is 0 Å². The molecule has 0 amide bonds. The Morgan fingerprint density at radius 2 is 1.81 bits per heavy atom. The Bertz CT molecular complexity index is 677. The third kappa shape index (κ3) is 2.64. The molecule has 1 unspecified atom stereocenters. The number of hydrogen-bond donors (Lipinski definition) is 1. The SMILES string of the molecule is CC1(C)CCc2ccccc2C1Nc1ccc(C#N)cc1. The van der Waals surface area contributed by atoms with Crippen molar-refractivity contribution in [3.8, 4) is 6.07 Å². The first-order valence-corrected chi connectivity index (χ1v) is 7.45. The average molecular weight is 276 g/mol. The lowest BCUT2D eigenvalue weighted by Gasteiger charge is -2.41. The van der Waals surface area contributed by atoms with E-state index in [0.717, 1.165) is 12.1 Å². The van der Waals surface area contributed by atoms with Crippen LogP contribution in [-0.2, 0) is 6.42 Å². The van der Waals surface area contributed by atoms with E-state index in [0.29, 0.717) is 11.6 Å². The summed E-state index contributed by atoms with van der Waals surface area (Å²) in [7, 11) is 0. The highest BCUT2D eigenvalue weighted by Gasteiger charge is 2.35. The lowest BCUT2D eigenvalue weighted by molar-refractivity contribution is 0.265. The van der Waals surface area contributed by atoms with E-state index in [1.165, 1.54) is 17.5 Å². The smallest absolute Gasteiger partial charge is 0.0991 e. The highest BCUT2D eigenvalue weighted by Crippen LogP contribution is 2.45. The Morgan fingerprint density at radius 3 is 2.52 bits per heavy atom. The van der Waals surface area contributed by atoms with E-state index in [-0.39, 0.29) is 5.41 Å². The van der Waals surface area contributed by atoms with Gasteiger partial charge in [-0.2, -0.15) is 5.26 Å². The van der Waals surface area contributed by atoms with Crippen molar-refractivity contribution in [3.63, 3.8) is 0 Å². The Kier molecular flexibility index (Phi) is 3.43.